The van der Waals surface area contributed by atoms with Crippen LogP contribution in [0.4, 0.5) is 4.79 Å². The van der Waals surface area contributed by atoms with Gasteiger partial charge in [-0.2, -0.15) is 0 Å². The van der Waals surface area contributed by atoms with E-state index in [0.717, 1.165) is 27.8 Å². The van der Waals surface area contributed by atoms with Gasteiger partial charge in [-0.05, 0) is 34.2 Å². The molecule has 1 aliphatic rings. The minimum absolute atomic E-state index is 0.0809. The second-order valence-corrected chi connectivity index (χ2v) is 9.50. The number of rotatable bonds is 7. The van der Waals surface area contributed by atoms with E-state index < -0.39 is 17.8 Å². The van der Waals surface area contributed by atoms with Gasteiger partial charge >= 0.3 is 6.09 Å². The zero-order valence-corrected chi connectivity index (χ0v) is 20.6. The molecular weight excluding hydrogens is 462 g/mol. The summed E-state index contributed by atoms with van der Waals surface area (Å²) in [6.07, 6.45) is -1.10. The average molecular weight is 494 g/mol. The molecule has 0 radical (unpaired) electrons. The molecule has 1 heterocycles. The lowest BCUT2D eigenvalue weighted by molar-refractivity contribution is 0.000217. The monoisotopic (exact) mass is 493 g/mol. The Morgan fingerprint density at radius 1 is 0.784 bits per heavy atom. The van der Waals surface area contributed by atoms with Crippen LogP contribution in [-0.4, -0.2) is 40.4 Å². The van der Waals surface area contributed by atoms with Crippen molar-refractivity contribution in [3.63, 3.8) is 0 Å². The zero-order chi connectivity index (χ0) is 25.7. The predicted octanol–water partition coefficient (Wildman–Crippen LogP) is 6.02. The van der Waals surface area contributed by atoms with Gasteiger partial charge in [0.2, 0.25) is 0 Å². The summed E-state index contributed by atoms with van der Waals surface area (Å²) in [5, 5.41) is 19.8. The molecule has 5 nitrogen and oxygen atoms in total. The molecule has 2 unspecified atom stereocenters. The Bertz CT molecular complexity index is 1200. The Balaban J connectivity index is 1.43. The van der Waals surface area contributed by atoms with E-state index in [0.29, 0.717) is 19.6 Å². The van der Waals surface area contributed by atoms with Crippen LogP contribution in [0.2, 0.25) is 0 Å². The fourth-order valence-electron chi connectivity index (χ4n) is 5.32. The van der Waals surface area contributed by atoms with Crippen molar-refractivity contribution in [2.24, 2.45) is 0 Å². The van der Waals surface area contributed by atoms with Crippen LogP contribution in [0, 0.1) is 0 Å². The van der Waals surface area contributed by atoms with E-state index in [1.807, 2.05) is 78.9 Å². The molecule has 5 heteroatoms. The lowest BCUT2D eigenvalue weighted by Crippen LogP contribution is -2.45. The third kappa shape index (κ3) is 5.15. The number of carboxylic acid groups (broad SMARTS) is 1. The number of β-amino-alcohol motifs (C(OH)–C–C–N with tert-alkyl or cyclic N) is 1. The first-order chi connectivity index (χ1) is 18.1. The molecule has 4 aromatic rings. The second-order valence-electron chi connectivity index (χ2n) is 9.50. The van der Waals surface area contributed by atoms with Gasteiger partial charge in [-0.3, -0.25) is 0 Å². The summed E-state index contributed by atoms with van der Waals surface area (Å²) in [6, 6.07) is 39.0. The van der Waals surface area contributed by atoms with E-state index in [1.165, 1.54) is 4.90 Å². The molecule has 2 N–H and O–H groups in total. The molecule has 4 aromatic carbocycles. The number of piperidine rings is 1. The molecule has 37 heavy (non-hydrogen) atoms. The highest BCUT2D eigenvalue weighted by atomic mass is 16.5. The molecule has 0 saturated carbocycles. The third-order valence-corrected chi connectivity index (χ3v) is 7.26. The Morgan fingerprint density at radius 3 is 1.70 bits per heavy atom. The van der Waals surface area contributed by atoms with Crippen LogP contribution < -0.4 is 0 Å². The van der Waals surface area contributed by atoms with Crippen LogP contribution in [0.5, 0.6) is 0 Å². The normalized spacial score (nSPS) is 17.9. The van der Waals surface area contributed by atoms with Crippen molar-refractivity contribution in [3.8, 4) is 0 Å². The number of ether oxygens (including phenoxy) is 1. The van der Waals surface area contributed by atoms with E-state index in [-0.39, 0.29) is 12.5 Å². The van der Waals surface area contributed by atoms with Crippen molar-refractivity contribution in [1.29, 1.82) is 0 Å². The van der Waals surface area contributed by atoms with Crippen LogP contribution in [0.15, 0.2) is 115 Å². The van der Waals surface area contributed by atoms with Gasteiger partial charge in [0.15, 0.2) is 0 Å². The van der Waals surface area contributed by atoms with E-state index in [1.54, 1.807) is 0 Å². The molecule has 1 amide bonds. The third-order valence-electron chi connectivity index (χ3n) is 7.26. The summed E-state index contributed by atoms with van der Waals surface area (Å²) >= 11 is 0. The van der Waals surface area contributed by atoms with Crippen LogP contribution in [0.1, 0.15) is 40.2 Å². The van der Waals surface area contributed by atoms with Crippen LogP contribution >= 0.6 is 0 Å². The number of hydrogen-bond acceptors (Lipinski definition) is 3. The quantitative estimate of drug-likeness (QED) is 0.309. The summed E-state index contributed by atoms with van der Waals surface area (Å²) in [5.74, 6) is -0.0809. The van der Waals surface area contributed by atoms with Gasteiger partial charge in [-0.15, -0.1) is 0 Å². The largest absolute Gasteiger partial charge is 0.465 e. The number of hydrogen-bond donors (Lipinski definition) is 2. The van der Waals surface area contributed by atoms with Crippen molar-refractivity contribution in [1.82, 2.24) is 4.90 Å². The average Bonchev–Trinajstić information content (AvgIpc) is 2.95. The van der Waals surface area contributed by atoms with E-state index >= 15 is 0 Å². The maximum absolute atomic E-state index is 11.2. The molecule has 2 atom stereocenters. The highest BCUT2D eigenvalue weighted by molar-refractivity contribution is 5.65. The van der Waals surface area contributed by atoms with Crippen LogP contribution in [0.3, 0.4) is 0 Å². The molecule has 1 aliphatic heterocycles. The first kappa shape index (κ1) is 24.8. The van der Waals surface area contributed by atoms with Gasteiger partial charge < -0.3 is 19.8 Å². The van der Waals surface area contributed by atoms with Crippen molar-refractivity contribution >= 4 is 6.09 Å². The summed E-state index contributed by atoms with van der Waals surface area (Å²) in [6.45, 7) is 0.952. The molecule has 1 fully saturated rings. The Labute approximate surface area is 217 Å². The van der Waals surface area contributed by atoms with Gasteiger partial charge in [0.25, 0.3) is 0 Å². The Morgan fingerprint density at radius 2 is 1.27 bits per heavy atom. The summed E-state index contributed by atoms with van der Waals surface area (Å²) in [7, 11) is 0. The molecule has 1 saturated heterocycles. The minimum Gasteiger partial charge on any atom is -0.465 e. The summed E-state index contributed by atoms with van der Waals surface area (Å²) in [4.78, 5) is 12.5. The highest BCUT2D eigenvalue weighted by Gasteiger charge is 2.37. The van der Waals surface area contributed by atoms with Gasteiger partial charge in [0.1, 0.15) is 5.60 Å². The number of carbonyl (C=O) groups is 1. The minimum atomic E-state index is -0.983. The molecule has 5 rings (SSSR count). The fourth-order valence-corrected chi connectivity index (χ4v) is 5.32. The van der Waals surface area contributed by atoms with Crippen molar-refractivity contribution in [2.45, 2.75) is 30.7 Å². The summed E-state index contributed by atoms with van der Waals surface area (Å²) in [5.41, 5.74) is 4.41. The van der Waals surface area contributed by atoms with Crippen LogP contribution in [-0.2, 0) is 16.9 Å². The number of nitrogens with zero attached hydrogens (tertiary/aromatic N) is 1. The predicted molar refractivity (Wildman–Crippen MR) is 143 cm³/mol. The first-order valence-electron chi connectivity index (χ1n) is 12.6. The number of benzene rings is 4. The van der Waals surface area contributed by atoms with Crippen molar-refractivity contribution < 1.29 is 19.7 Å². The topological polar surface area (TPSA) is 70.0 Å². The number of likely N-dealkylation sites (tertiary alicyclic amines) is 1. The molecule has 0 aromatic heterocycles. The van der Waals surface area contributed by atoms with E-state index in [2.05, 4.69) is 36.4 Å². The Hall–Kier alpha value is -3.93. The van der Waals surface area contributed by atoms with E-state index in [9.17, 15) is 15.0 Å². The fraction of sp³-hybridized carbons (Fsp3) is 0.219. The molecular formula is C32H31NO4. The van der Waals surface area contributed by atoms with E-state index in [4.69, 9.17) is 4.74 Å². The molecule has 0 aliphatic carbocycles. The SMILES string of the molecule is O=C(O)N1CCC(c2ccc(COC(c3ccccc3)(c3ccccc3)c3ccccc3)cc2)C(O)C1. The maximum atomic E-state index is 11.2. The first-order valence-corrected chi connectivity index (χ1v) is 12.6. The number of aliphatic hydroxyl groups is 1. The smallest absolute Gasteiger partial charge is 0.407 e. The lowest BCUT2D eigenvalue weighted by Gasteiger charge is -2.36. The second kappa shape index (κ2) is 11.0. The van der Waals surface area contributed by atoms with Crippen molar-refractivity contribution in [3.05, 3.63) is 143 Å². The molecule has 0 spiro atoms. The highest BCUT2D eigenvalue weighted by Crippen LogP contribution is 2.41. The number of aliphatic hydroxyl groups excluding tert-OH is 1. The number of amides is 1. The lowest BCUT2D eigenvalue weighted by atomic mass is 9.80. The van der Waals surface area contributed by atoms with Gasteiger partial charge in [-0.25, -0.2) is 4.79 Å². The molecule has 0 bridgehead atoms. The standard InChI is InChI=1S/C32H31NO4/c34-30-22-33(31(35)36)21-20-29(30)25-18-16-24(17-19-25)23-37-32(26-10-4-1-5-11-26,27-12-6-2-7-13-27)28-14-8-3-9-15-28/h1-19,29-30,34H,20-23H2,(H,35,36). The van der Waals surface area contributed by atoms with Gasteiger partial charge in [0, 0.05) is 12.5 Å². The molecule has 188 valence electrons. The van der Waals surface area contributed by atoms with Gasteiger partial charge in [0.05, 0.1) is 19.3 Å². The summed E-state index contributed by atoms with van der Waals surface area (Å²) < 4.78 is 6.90. The zero-order valence-electron chi connectivity index (χ0n) is 20.6. The van der Waals surface area contributed by atoms with Crippen LogP contribution in [0.25, 0.3) is 0 Å². The maximum Gasteiger partial charge on any atom is 0.407 e. The van der Waals surface area contributed by atoms with Gasteiger partial charge in [-0.1, -0.05) is 115 Å². The van der Waals surface area contributed by atoms with Crippen molar-refractivity contribution in [2.75, 3.05) is 13.1 Å². The Kier molecular flexibility index (Phi) is 7.35.